The normalized spacial score (nSPS) is 12.1. The molecule has 0 atom stereocenters. The van der Waals surface area contributed by atoms with E-state index in [2.05, 4.69) is 6.07 Å². The molecule has 2 aromatic heterocycles. The highest BCUT2D eigenvalue weighted by Gasteiger charge is 2.15. The second kappa shape index (κ2) is 4.79. The largest absolute Gasteiger partial charge is 0.466 e. The molecule has 0 fully saturated rings. The molecule has 0 aromatic carbocycles. The molecule has 0 N–H and O–H groups in total. The van der Waals surface area contributed by atoms with Crippen molar-refractivity contribution in [3.8, 4) is 6.07 Å². The van der Waals surface area contributed by atoms with Crippen molar-refractivity contribution in [2.75, 3.05) is 0 Å². The zero-order valence-corrected chi connectivity index (χ0v) is 11.0. The summed E-state index contributed by atoms with van der Waals surface area (Å²) < 4.78 is 5.42. The van der Waals surface area contributed by atoms with Gasteiger partial charge in [0, 0.05) is 10.4 Å². The van der Waals surface area contributed by atoms with Gasteiger partial charge in [0.1, 0.15) is 17.6 Å². The monoisotopic (exact) mass is 263 g/mol. The first kappa shape index (κ1) is 12.0. The molecule has 0 radical (unpaired) electrons. The number of thiophene rings is 1. The quantitative estimate of drug-likeness (QED) is 0.743. The molecule has 0 unspecified atom stereocenters. The Labute approximate surface area is 109 Å². The Hall–Kier alpha value is -1.50. The Balaban J connectivity index is 2.58. The smallest absolute Gasteiger partial charge is 0.109 e. The Morgan fingerprint density at radius 1 is 1.47 bits per heavy atom. The van der Waals surface area contributed by atoms with Crippen LogP contribution in [0.15, 0.2) is 28.0 Å². The zero-order chi connectivity index (χ0) is 12.4. The van der Waals surface area contributed by atoms with E-state index in [4.69, 9.17) is 16.0 Å². The molecule has 4 heteroatoms. The first-order valence-electron chi connectivity index (χ1n) is 5.04. The summed E-state index contributed by atoms with van der Waals surface area (Å²) in [6, 6.07) is 7.79. The zero-order valence-electron chi connectivity index (χ0n) is 9.45. The Kier molecular flexibility index (Phi) is 3.37. The van der Waals surface area contributed by atoms with Gasteiger partial charge in [0.15, 0.2) is 0 Å². The van der Waals surface area contributed by atoms with Crippen LogP contribution >= 0.6 is 22.9 Å². The Morgan fingerprint density at radius 2 is 2.24 bits per heavy atom. The van der Waals surface area contributed by atoms with Crippen molar-refractivity contribution in [1.29, 1.82) is 5.26 Å². The van der Waals surface area contributed by atoms with Crippen molar-refractivity contribution < 1.29 is 4.42 Å². The molecule has 0 aliphatic carbocycles. The van der Waals surface area contributed by atoms with Crippen LogP contribution in [-0.2, 0) is 0 Å². The lowest BCUT2D eigenvalue weighted by atomic mass is 10.1. The van der Waals surface area contributed by atoms with E-state index >= 15 is 0 Å². The highest BCUT2D eigenvalue weighted by molar-refractivity contribution is 7.11. The molecular formula is C13H10ClNOS. The van der Waals surface area contributed by atoms with E-state index in [9.17, 15) is 5.26 Å². The minimum Gasteiger partial charge on any atom is -0.466 e. The van der Waals surface area contributed by atoms with Gasteiger partial charge < -0.3 is 4.42 Å². The van der Waals surface area contributed by atoms with Crippen LogP contribution in [0.5, 0.6) is 0 Å². The van der Waals surface area contributed by atoms with Gasteiger partial charge in [0.2, 0.25) is 0 Å². The lowest BCUT2D eigenvalue weighted by Crippen LogP contribution is -1.83. The fraction of sp³-hybridized carbons (Fsp3) is 0.154. The number of nitrogens with zero attached hydrogens (tertiary/aromatic N) is 1. The maximum absolute atomic E-state index is 9.21. The first-order valence-corrected chi connectivity index (χ1v) is 6.30. The topological polar surface area (TPSA) is 36.9 Å². The molecule has 0 saturated heterocycles. The number of furan rings is 1. The standard InChI is InChI=1S/C13H10ClNOS/c1-8-6-10(9(2)16-8)13(14)11(7-15)12-4-3-5-17-12/h3-6H,1-2H3. The van der Waals surface area contributed by atoms with Crippen molar-refractivity contribution in [3.63, 3.8) is 0 Å². The second-order valence-electron chi connectivity index (χ2n) is 3.60. The number of nitriles is 1. The van der Waals surface area contributed by atoms with Crippen molar-refractivity contribution in [2.45, 2.75) is 13.8 Å². The summed E-state index contributed by atoms with van der Waals surface area (Å²) in [6.45, 7) is 3.70. The fourth-order valence-electron chi connectivity index (χ4n) is 1.62. The maximum atomic E-state index is 9.21. The molecule has 86 valence electrons. The van der Waals surface area contributed by atoms with Crippen LogP contribution in [-0.4, -0.2) is 0 Å². The molecule has 0 spiro atoms. The second-order valence-corrected chi connectivity index (χ2v) is 4.93. The van der Waals surface area contributed by atoms with Gasteiger partial charge in [0.05, 0.1) is 10.6 Å². The van der Waals surface area contributed by atoms with Crippen LogP contribution in [0.1, 0.15) is 22.0 Å². The molecule has 2 aromatic rings. The number of halogens is 1. The summed E-state index contributed by atoms with van der Waals surface area (Å²) in [4.78, 5) is 0.871. The Bertz CT molecular complexity index is 602. The molecule has 17 heavy (non-hydrogen) atoms. The SMILES string of the molecule is Cc1cc(C(Cl)=C(C#N)c2cccs2)c(C)o1. The third-order valence-corrected chi connectivity index (χ3v) is 3.66. The van der Waals surface area contributed by atoms with Crippen LogP contribution in [0.4, 0.5) is 0 Å². The van der Waals surface area contributed by atoms with Gasteiger partial charge in [0.25, 0.3) is 0 Å². The van der Waals surface area contributed by atoms with E-state index in [0.717, 1.165) is 22.0 Å². The maximum Gasteiger partial charge on any atom is 0.109 e. The van der Waals surface area contributed by atoms with Crippen LogP contribution in [0.25, 0.3) is 10.6 Å². The average Bonchev–Trinajstić information content (AvgIpc) is 2.89. The van der Waals surface area contributed by atoms with E-state index in [1.165, 1.54) is 11.3 Å². The summed E-state index contributed by atoms with van der Waals surface area (Å²) in [5.74, 6) is 1.52. The molecule has 2 rings (SSSR count). The van der Waals surface area contributed by atoms with Crippen LogP contribution in [0.3, 0.4) is 0 Å². The number of allylic oxidation sites excluding steroid dienone is 1. The molecular weight excluding hydrogens is 254 g/mol. The van der Waals surface area contributed by atoms with Gasteiger partial charge in [-0.3, -0.25) is 0 Å². The highest BCUT2D eigenvalue weighted by Crippen LogP contribution is 2.34. The van der Waals surface area contributed by atoms with E-state index in [1.807, 2.05) is 37.4 Å². The van der Waals surface area contributed by atoms with Gasteiger partial charge in [-0.25, -0.2) is 0 Å². The summed E-state index contributed by atoms with van der Waals surface area (Å²) in [5, 5.41) is 11.6. The van der Waals surface area contributed by atoms with E-state index < -0.39 is 0 Å². The predicted octanol–water partition coefficient (Wildman–Crippen LogP) is 4.59. The molecule has 0 aliphatic heterocycles. The highest BCUT2D eigenvalue weighted by atomic mass is 35.5. The van der Waals surface area contributed by atoms with Crippen molar-refractivity contribution in [1.82, 2.24) is 0 Å². The lowest BCUT2D eigenvalue weighted by Gasteiger charge is -2.00. The van der Waals surface area contributed by atoms with Crippen molar-refractivity contribution in [3.05, 3.63) is 45.5 Å². The number of rotatable bonds is 2. The van der Waals surface area contributed by atoms with Gasteiger partial charge >= 0.3 is 0 Å². The molecule has 0 amide bonds. The van der Waals surface area contributed by atoms with Crippen LogP contribution in [0.2, 0.25) is 0 Å². The van der Waals surface area contributed by atoms with Gasteiger partial charge in [-0.1, -0.05) is 17.7 Å². The summed E-state index contributed by atoms with van der Waals surface area (Å²) in [5.41, 5.74) is 1.28. The lowest BCUT2D eigenvalue weighted by molar-refractivity contribution is 0.504. The van der Waals surface area contributed by atoms with Gasteiger partial charge in [-0.05, 0) is 31.4 Å². The summed E-state index contributed by atoms with van der Waals surface area (Å²) in [6.07, 6.45) is 0. The summed E-state index contributed by atoms with van der Waals surface area (Å²) >= 11 is 7.78. The van der Waals surface area contributed by atoms with Crippen molar-refractivity contribution >= 4 is 33.5 Å². The third-order valence-electron chi connectivity index (χ3n) is 2.38. The van der Waals surface area contributed by atoms with Gasteiger partial charge in [-0.2, -0.15) is 5.26 Å². The number of hydrogen-bond acceptors (Lipinski definition) is 3. The minimum atomic E-state index is 0.448. The average molecular weight is 264 g/mol. The van der Waals surface area contributed by atoms with E-state index in [-0.39, 0.29) is 0 Å². The summed E-state index contributed by atoms with van der Waals surface area (Å²) in [7, 11) is 0. The van der Waals surface area contributed by atoms with E-state index in [0.29, 0.717) is 10.6 Å². The third kappa shape index (κ3) is 2.28. The Morgan fingerprint density at radius 3 is 2.71 bits per heavy atom. The molecule has 0 bridgehead atoms. The molecule has 0 aliphatic rings. The van der Waals surface area contributed by atoms with Crippen LogP contribution < -0.4 is 0 Å². The fourth-order valence-corrected chi connectivity index (χ4v) is 2.73. The molecule has 2 heterocycles. The van der Waals surface area contributed by atoms with E-state index in [1.54, 1.807) is 0 Å². The minimum absolute atomic E-state index is 0.448. The number of hydrogen-bond donors (Lipinski definition) is 0. The first-order chi connectivity index (χ1) is 8.13. The number of aryl methyl sites for hydroxylation is 2. The van der Waals surface area contributed by atoms with Crippen molar-refractivity contribution in [2.24, 2.45) is 0 Å². The van der Waals surface area contributed by atoms with Crippen LogP contribution in [0, 0.1) is 25.2 Å². The molecule has 0 saturated carbocycles. The predicted molar refractivity (Wildman–Crippen MR) is 70.8 cm³/mol. The molecule has 2 nitrogen and oxygen atoms in total. The van der Waals surface area contributed by atoms with Gasteiger partial charge in [-0.15, -0.1) is 11.3 Å².